The molecule has 4 aromatic rings. The van der Waals surface area contributed by atoms with E-state index in [2.05, 4.69) is 5.32 Å². The van der Waals surface area contributed by atoms with Crippen LogP contribution in [-0.4, -0.2) is 44.0 Å². The average Bonchev–Trinajstić information content (AvgIpc) is 3.28. The van der Waals surface area contributed by atoms with Crippen molar-refractivity contribution in [2.24, 2.45) is 0 Å². The minimum absolute atomic E-state index is 0.0859. The molecule has 0 aliphatic rings. The van der Waals surface area contributed by atoms with Gasteiger partial charge in [-0.1, -0.05) is 74.5 Å². The molecule has 4 N–H and O–H groups in total. The fourth-order valence-corrected chi connectivity index (χ4v) is 5.20. The largest absolute Gasteiger partial charge is 0.481 e. The lowest BCUT2D eigenvalue weighted by Gasteiger charge is -2.20. The summed E-state index contributed by atoms with van der Waals surface area (Å²) in [5, 5.41) is 32.8. The van der Waals surface area contributed by atoms with Gasteiger partial charge in [-0.3, -0.25) is 9.59 Å². The molecule has 214 valence electrons. The van der Waals surface area contributed by atoms with Crippen LogP contribution in [0.1, 0.15) is 55.1 Å². The maximum Gasteiger partial charge on any atom is 0.305 e. The van der Waals surface area contributed by atoms with E-state index in [-0.39, 0.29) is 24.7 Å². The molecular formula is C33H35FN2O5. The van der Waals surface area contributed by atoms with E-state index in [9.17, 15) is 24.2 Å². The number of hydrogen-bond acceptors (Lipinski definition) is 4. The molecule has 0 radical (unpaired) electrons. The molecule has 2 atom stereocenters. The van der Waals surface area contributed by atoms with Gasteiger partial charge in [0.2, 0.25) is 0 Å². The Morgan fingerprint density at radius 3 is 2.05 bits per heavy atom. The Balaban J connectivity index is 1.89. The summed E-state index contributed by atoms with van der Waals surface area (Å²) in [6.45, 7) is 4.27. The number of aliphatic carboxylic acids is 1. The summed E-state index contributed by atoms with van der Waals surface area (Å²) in [6.07, 6.45) is -2.46. The Bertz CT molecular complexity index is 1470. The Morgan fingerprint density at radius 1 is 0.854 bits per heavy atom. The highest BCUT2D eigenvalue weighted by atomic mass is 19.1. The van der Waals surface area contributed by atoms with Crippen molar-refractivity contribution in [3.05, 3.63) is 102 Å². The van der Waals surface area contributed by atoms with Crippen LogP contribution in [0.3, 0.4) is 0 Å². The smallest absolute Gasteiger partial charge is 0.305 e. The Kier molecular flexibility index (Phi) is 9.70. The van der Waals surface area contributed by atoms with Gasteiger partial charge < -0.3 is 25.2 Å². The molecule has 1 heterocycles. The number of hydrogen-bond donors (Lipinski definition) is 4. The number of carbonyl (C=O) groups is 2. The van der Waals surface area contributed by atoms with Gasteiger partial charge in [-0.15, -0.1) is 0 Å². The van der Waals surface area contributed by atoms with E-state index < -0.39 is 30.4 Å². The molecule has 7 nitrogen and oxygen atoms in total. The minimum atomic E-state index is -1.17. The number of halogens is 1. The molecule has 0 bridgehead atoms. The molecule has 0 saturated carbocycles. The van der Waals surface area contributed by atoms with Crippen LogP contribution in [-0.2, 0) is 11.3 Å². The van der Waals surface area contributed by atoms with Crippen LogP contribution in [0.15, 0.2) is 84.9 Å². The summed E-state index contributed by atoms with van der Waals surface area (Å²) in [7, 11) is 0. The Morgan fingerprint density at radius 2 is 1.46 bits per heavy atom. The number of aliphatic hydroxyl groups excluding tert-OH is 2. The molecule has 0 aliphatic carbocycles. The fourth-order valence-electron chi connectivity index (χ4n) is 5.20. The van der Waals surface area contributed by atoms with Crippen molar-refractivity contribution in [3.8, 4) is 22.4 Å². The zero-order valence-corrected chi connectivity index (χ0v) is 23.1. The third kappa shape index (κ3) is 7.28. The van der Waals surface area contributed by atoms with Crippen LogP contribution in [0, 0.1) is 5.82 Å². The molecule has 1 aromatic heterocycles. The second kappa shape index (κ2) is 13.4. The summed E-state index contributed by atoms with van der Waals surface area (Å²) >= 11 is 0. The first-order chi connectivity index (χ1) is 19.7. The third-order valence-corrected chi connectivity index (χ3v) is 6.93. The van der Waals surface area contributed by atoms with Crippen molar-refractivity contribution in [1.29, 1.82) is 0 Å². The number of anilines is 1. The molecule has 8 heteroatoms. The van der Waals surface area contributed by atoms with E-state index in [4.69, 9.17) is 5.11 Å². The monoisotopic (exact) mass is 558 g/mol. The molecule has 0 aliphatic heterocycles. The number of carboxylic acids is 1. The van der Waals surface area contributed by atoms with Gasteiger partial charge in [-0.05, 0) is 54.2 Å². The fraction of sp³-hybridized carbons (Fsp3) is 0.273. The number of carboxylic acid groups (broad SMARTS) is 1. The molecule has 41 heavy (non-hydrogen) atoms. The second-order valence-corrected chi connectivity index (χ2v) is 10.4. The minimum Gasteiger partial charge on any atom is -0.481 e. The standard InChI is InChI=1S/C33H35FN2O5/c1-21(2)31-30(33(41)35-25-11-7-4-8-12-25)29(22-13-15-24(34)16-14-22)32(23-9-5-3-6-10-23)36(31)18-17-26(37)19-27(38)20-28(39)40/h3-16,21,26-27,37-38H,17-20H2,1-2H3,(H,35,41)(H,39,40)/t26-,27-/m0/s1. The van der Waals surface area contributed by atoms with Gasteiger partial charge in [0, 0.05) is 23.5 Å². The van der Waals surface area contributed by atoms with E-state index in [1.807, 2.05) is 66.9 Å². The van der Waals surface area contributed by atoms with Crippen molar-refractivity contribution < 1.29 is 29.3 Å². The quantitative estimate of drug-likeness (QED) is 0.163. The van der Waals surface area contributed by atoms with Gasteiger partial charge in [-0.2, -0.15) is 0 Å². The average molecular weight is 559 g/mol. The second-order valence-electron chi connectivity index (χ2n) is 10.4. The number of para-hydroxylation sites is 1. The molecule has 1 amide bonds. The Hall–Kier alpha value is -4.27. The van der Waals surface area contributed by atoms with Crippen LogP contribution in [0.5, 0.6) is 0 Å². The Labute approximate surface area is 238 Å². The van der Waals surface area contributed by atoms with E-state index in [0.29, 0.717) is 28.9 Å². The molecule has 0 spiro atoms. The highest BCUT2D eigenvalue weighted by Crippen LogP contribution is 2.42. The summed E-state index contributed by atoms with van der Waals surface area (Å²) in [4.78, 5) is 25.0. The number of aromatic nitrogens is 1. The number of amides is 1. The highest BCUT2D eigenvalue weighted by molar-refractivity contribution is 6.12. The van der Waals surface area contributed by atoms with Gasteiger partial charge in [0.05, 0.1) is 29.9 Å². The number of rotatable bonds is 12. The van der Waals surface area contributed by atoms with Crippen LogP contribution < -0.4 is 5.32 Å². The molecule has 0 saturated heterocycles. The lowest BCUT2D eigenvalue weighted by molar-refractivity contribution is -0.139. The van der Waals surface area contributed by atoms with Gasteiger partial charge in [-0.25, -0.2) is 4.39 Å². The van der Waals surface area contributed by atoms with Crippen molar-refractivity contribution in [3.63, 3.8) is 0 Å². The van der Waals surface area contributed by atoms with E-state index >= 15 is 0 Å². The first-order valence-corrected chi connectivity index (χ1v) is 13.7. The number of nitrogens with zero attached hydrogens (tertiary/aromatic N) is 1. The summed E-state index contributed by atoms with van der Waals surface area (Å²) in [6, 6.07) is 24.8. The van der Waals surface area contributed by atoms with E-state index in [0.717, 1.165) is 17.0 Å². The number of benzene rings is 3. The maximum atomic E-state index is 14.0. The first-order valence-electron chi connectivity index (χ1n) is 13.7. The van der Waals surface area contributed by atoms with E-state index in [1.54, 1.807) is 24.3 Å². The molecule has 0 fully saturated rings. The zero-order valence-electron chi connectivity index (χ0n) is 23.1. The predicted molar refractivity (Wildman–Crippen MR) is 157 cm³/mol. The topological polar surface area (TPSA) is 112 Å². The van der Waals surface area contributed by atoms with Crippen molar-refractivity contribution in [2.45, 2.75) is 57.8 Å². The lowest BCUT2D eigenvalue weighted by atomic mass is 9.94. The normalized spacial score (nSPS) is 12.7. The van der Waals surface area contributed by atoms with Crippen LogP contribution in [0.2, 0.25) is 0 Å². The number of carbonyl (C=O) groups excluding carboxylic acids is 1. The van der Waals surface area contributed by atoms with Crippen LogP contribution in [0.25, 0.3) is 22.4 Å². The van der Waals surface area contributed by atoms with Crippen LogP contribution >= 0.6 is 0 Å². The summed E-state index contributed by atoms with van der Waals surface area (Å²) in [5.41, 5.74) is 4.74. The van der Waals surface area contributed by atoms with Crippen LogP contribution in [0.4, 0.5) is 10.1 Å². The van der Waals surface area contributed by atoms with Crippen molar-refractivity contribution in [1.82, 2.24) is 4.57 Å². The van der Waals surface area contributed by atoms with Crippen molar-refractivity contribution in [2.75, 3.05) is 5.32 Å². The molecular weight excluding hydrogens is 523 g/mol. The van der Waals surface area contributed by atoms with Crippen molar-refractivity contribution >= 4 is 17.6 Å². The third-order valence-electron chi connectivity index (χ3n) is 6.93. The molecule has 4 rings (SSSR count). The van der Waals surface area contributed by atoms with Gasteiger partial charge in [0.25, 0.3) is 5.91 Å². The van der Waals surface area contributed by atoms with Gasteiger partial charge in [0.15, 0.2) is 0 Å². The zero-order chi connectivity index (χ0) is 29.5. The summed E-state index contributed by atoms with van der Waals surface area (Å²) < 4.78 is 16.0. The maximum absolute atomic E-state index is 14.0. The first kappa shape index (κ1) is 29.7. The lowest BCUT2D eigenvalue weighted by Crippen LogP contribution is -2.22. The molecule has 3 aromatic carbocycles. The highest BCUT2D eigenvalue weighted by Gasteiger charge is 2.31. The number of aliphatic hydroxyl groups is 2. The summed E-state index contributed by atoms with van der Waals surface area (Å²) in [5.74, 6) is -1.95. The predicted octanol–water partition coefficient (Wildman–Crippen LogP) is 6.31. The number of nitrogens with one attached hydrogen (secondary N) is 1. The van der Waals surface area contributed by atoms with Gasteiger partial charge >= 0.3 is 5.97 Å². The van der Waals surface area contributed by atoms with Gasteiger partial charge in [0.1, 0.15) is 5.82 Å². The molecule has 0 unspecified atom stereocenters. The SMILES string of the molecule is CC(C)c1c(C(=O)Nc2ccccc2)c(-c2ccc(F)cc2)c(-c2ccccc2)n1CC[C@H](O)C[C@H](O)CC(=O)O. The van der Waals surface area contributed by atoms with E-state index in [1.165, 1.54) is 12.1 Å².